The van der Waals surface area contributed by atoms with E-state index in [1.54, 1.807) is 32.0 Å². The highest BCUT2D eigenvalue weighted by Gasteiger charge is 2.40. The minimum absolute atomic E-state index is 0.0621. The van der Waals surface area contributed by atoms with Crippen LogP contribution in [0.4, 0.5) is 5.69 Å². The Morgan fingerprint density at radius 3 is 2.55 bits per heavy atom. The Bertz CT molecular complexity index is 609. The lowest BCUT2D eigenvalue weighted by molar-refractivity contribution is -0.136. The van der Waals surface area contributed by atoms with E-state index in [-0.39, 0.29) is 18.2 Å². The molecular formula is C14H15NO4S. The number of thioether (sulfide) groups is 1. The number of benzene rings is 1. The minimum atomic E-state index is -1.07. The molecule has 0 radical (unpaired) electrons. The van der Waals surface area contributed by atoms with Crippen molar-refractivity contribution in [3.05, 3.63) is 23.8 Å². The van der Waals surface area contributed by atoms with Crippen molar-refractivity contribution in [2.24, 2.45) is 0 Å². The molecule has 0 aromatic heterocycles. The van der Waals surface area contributed by atoms with E-state index in [1.165, 1.54) is 23.6 Å². The largest absolute Gasteiger partial charge is 0.480 e. The molecule has 1 heterocycles. The number of fused-ring (bicyclic) bond motifs is 1. The highest BCUT2D eigenvalue weighted by atomic mass is 32.2. The van der Waals surface area contributed by atoms with Gasteiger partial charge in [-0.1, -0.05) is 0 Å². The van der Waals surface area contributed by atoms with Gasteiger partial charge in [-0.3, -0.25) is 19.3 Å². The van der Waals surface area contributed by atoms with Gasteiger partial charge in [0.15, 0.2) is 5.78 Å². The summed E-state index contributed by atoms with van der Waals surface area (Å²) in [5.74, 6) is -1.37. The number of carbonyl (C=O) groups is 3. The van der Waals surface area contributed by atoms with E-state index in [4.69, 9.17) is 5.11 Å². The summed E-state index contributed by atoms with van der Waals surface area (Å²) in [5.41, 5.74) is 1.10. The fraction of sp³-hybridized carbons (Fsp3) is 0.357. The summed E-state index contributed by atoms with van der Waals surface area (Å²) in [6.45, 7) is 4.59. The molecule has 0 aliphatic carbocycles. The number of hydrogen-bond donors (Lipinski definition) is 1. The fourth-order valence-corrected chi connectivity index (χ4v) is 3.30. The van der Waals surface area contributed by atoms with E-state index in [2.05, 4.69) is 0 Å². The second kappa shape index (κ2) is 4.94. The Labute approximate surface area is 121 Å². The third-order valence-corrected chi connectivity index (χ3v) is 4.31. The van der Waals surface area contributed by atoms with Crippen molar-refractivity contribution in [3.63, 3.8) is 0 Å². The SMILES string of the molecule is CC(=O)c1ccc2c(c1)SC(C)(C)C(=O)N2CC(=O)O. The van der Waals surface area contributed by atoms with E-state index >= 15 is 0 Å². The van der Waals surface area contributed by atoms with Gasteiger partial charge in [-0.25, -0.2) is 0 Å². The normalized spacial score (nSPS) is 16.8. The number of carboxylic acids is 1. The third kappa shape index (κ3) is 2.56. The van der Waals surface area contributed by atoms with Gasteiger partial charge in [0.1, 0.15) is 6.54 Å². The summed E-state index contributed by atoms with van der Waals surface area (Å²) in [7, 11) is 0. The van der Waals surface area contributed by atoms with Crippen LogP contribution in [-0.4, -0.2) is 34.1 Å². The summed E-state index contributed by atoms with van der Waals surface area (Å²) >= 11 is 1.35. The zero-order valence-corrected chi connectivity index (χ0v) is 12.3. The molecule has 0 fully saturated rings. The molecule has 6 heteroatoms. The number of hydrogen-bond acceptors (Lipinski definition) is 4. The monoisotopic (exact) mass is 293 g/mol. The van der Waals surface area contributed by atoms with Crippen molar-refractivity contribution in [2.45, 2.75) is 30.4 Å². The first-order chi connectivity index (χ1) is 9.22. The number of ketones is 1. The topological polar surface area (TPSA) is 74.7 Å². The van der Waals surface area contributed by atoms with Crippen LogP contribution in [0, 0.1) is 0 Å². The number of carbonyl (C=O) groups excluding carboxylic acids is 2. The maximum Gasteiger partial charge on any atom is 0.323 e. The van der Waals surface area contributed by atoms with Crippen LogP contribution in [0.3, 0.4) is 0 Å². The van der Waals surface area contributed by atoms with Gasteiger partial charge in [0, 0.05) is 10.5 Å². The molecule has 0 atom stereocenters. The number of carboxylic acid groups (broad SMARTS) is 1. The molecule has 1 aromatic carbocycles. The number of aliphatic carboxylic acids is 1. The lowest BCUT2D eigenvalue weighted by Crippen LogP contribution is -2.48. The lowest BCUT2D eigenvalue weighted by Gasteiger charge is -2.37. The Kier molecular flexibility index (Phi) is 3.60. The Morgan fingerprint density at radius 1 is 1.35 bits per heavy atom. The number of amides is 1. The predicted molar refractivity (Wildman–Crippen MR) is 76.4 cm³/mol. The first-order valence-corrected chi connectivity index (χ1v) is 6.92. The molecule has 106 valence electrons. The van der Waals surface area contributed by atoms with Crippen molar-refractivity contribution in [1.82, 2.24) is 0 Å². The predicted octanol–water partition coefficient (Wildman–Crippen LogP) is 2.19. The standard InChI is InChI=1S/C14H15NO4S/c1-8(16)9-4-5-10-11(6-9)20-14(2,3)13(19)15(10)7-12(17)18/h4-6H,7H2,1-3H3,(H,17,18). The number of nitrogens with zero attached hydrogens (tertiary/aromatic N) is 1. The average molecular weight is 293 g/mol. The zero-order valence-electron chi connectivity index (χ0n) is 11.5. The van der Waals surface area contributed by atoms with Crippen LogP contribution in [0.25, 0.3) is 0 Å². The van der Waals surface area contributed by atoms with Gasteiger partial charge in [0.05, 0.1) is 10.4 Å². The van der Waals surface area contributed by atoms with Crippen LogP contribution < -0.4 is 4.90 Å². The maximum atomic E-state index is 12.3. The molecule has 1 aliphatic heterocycles. The van der Waals surface area contributed by atoms with Gasteiger partial charge in [0.2, 0.25) is 5.91 Å². The van der Waals surface area contributed by atoms with Gasteiger partial charge in [-0.05, 0) is 39.0 Å². The van der Waals surface area contributed by atoms with Crippen molar-refractivity contribution in [1.29, 1.82) is 0 Å². The highest BCUT2D eigenvalue weighted by Crippen LogP contribution is 2.45. The van der Waals surface area contributed by atoms with E-state index in [0.717, 1.165) is 4.90 Å². The van der Waals surface area contributed by atoms with E-state index in [9.17, 15) is 14.4 Å². The van der Waals surface area contributed by atoms with Crippen molar-refractivity contribution in [3.8, 4) is 0 Å². The average Bonchev–Trinajstić information content (AvgIpc) is 2.33. The van der Waals surface area contributed by atoms with E-state index in [1.807, 2.05) is 0 Å². The maximum absolute atomic E-state index is 12.3. The first-order valence-electron chi connectivity index (χ1n) is 6.10. The summed E-state index contributed by atoms with van der Waals surface area (Å²) in [4.78, 5) is 36.7. The van der Waals surface area contributed by atoms with Gasteiger partial charge in [-0.15, -0.1) is 11.8 Å². The molecule has 1 amide bonds. The van der Waals surface area contributed by atoms with Crippen LogP contribution in [0.15, 0.2) is 23.1 Å². The first kappa shape index (κ1) is 14.6. The third-order valence-electron chi connectivity index (χ3n) is 3.08. The zero-order chi connectivity index (χ0) is 15.1. The molecule has 20 heavy (non-hydrogen) atoms. The minimum Gasteiger partial charge on any atom is -0.480 e. The quantitative estimate of drug-likeness (QED) is 0.865. The number of anilines is 1. The lowest BCUT2D eigenvalue weighted by atomic mass is 10.1. The summed E-state index contributed by atoms with van der Waals surface area (Å²) in [6.07, 6.45) is 0. The van der Waals surface area contributed by atoms with Crippen molar-refractivity contribution in [2.75, 3.05) is 11.4 Å². The molecule has 0 spiro atoms. The molecule has 1 aromatic rings. The van der Waals surface area contributed by atoms with Gasteiger partial charge in [0.25, 0.3) is 0 Å². The number of Topliss-reactive ketones (excluding diaryl/α,β-unsaturated/α-hetero) is 1. The molecule has 2 rings (SSSR count). The molecule has 0 saturated heterocycles. The Morgan fingerprint density at radius 2 is 2.00 bits per heavy atom. The second-order valence-electron chi connectivity index (χ2n) is 5.14. The Balaban J connectivity index is 2.54. The molecule has 0 saturated carbocycles. The molecule has 0 bridgehead atoms. The van der Waals surface area contributed by atoms with Crippen LogP contribution in [-0.2, 0) is 9.59 Å². The summed E-state index contributed by atoms with van der Waals surface area (Å²) in [6, 6.07) is 4.96. The van der Waals surface area contributed by atoms with Gasteiger partial charge >= 0.3 is 5.97 Å². The molecule has 0 unspecified atom stereocenters. The summed E-state index contributed by atoms with van der Waals surface area (Å²) < 4.78 is -0.752. The molecular weight excluding hydrogens is 278 g/mol. The van der Waals surface area contributed by atoms with Crippen LogP contribution in [0.1, 0.15) is 31.1 Å². The van der Waals surface area contributed by atoms with Crippen LogP contribution in [0.5, 0.6) is 0 Å². The number of rotatable bonds is 3. The smallest absolute Gasteiger partial charge is 0.323 e. The van der Waals surface area contributed by atoms with Crippen molar-refractivity contribution < 1.29 is 19.5 Å². The van der Waals surface area contributed by atoms with Crippen LogP contribution in [0.2, 0.25) is 0 Å². The summed E-state index contributed by atoms with van der Waals surface area (Å²) in [5, 5.41) is 8.97. The Hall–Kier alpha value is -1.82. The molecule has 5 nitrogen and oxygen atoms in total. The van der Waals surface area contributed by atoms with E-state index < -0.39 is 10.7 Å². The van der Waals surface area contributed by atoms with Crippen molar-refractivity contribution >= 4 is 35.1 Å². The van der Waals surface area contributed by atoms with Crippen LogP contribution >= 0.6 is 11.8 Å². The molecule has 1 N–H and O–H groups in total. The second-order valence-corrected chi connectivity index (χ2v) is 6.80. The highest BCUT2D eigenvalue weighted by molar-refractivity contribution is 8.01. The van der Waals surface area contributed by atoms with Gasteiger partial charge < -0.3 is 5.11 Å². The van der Waals surface area contributed by atoms with E-state index in [0.29, 0.717) is 11.3 Å². The fourth-order valence-electron chi connectivity index (χ4n) is 2.08. The van der Waals surface area contributed by atoms with Gasteiger partial charge in [-0.2, -0.15) is 0 Å². The molecule has 1 aliphatic rings.